The van der Waals surface area contributed by atoms with E-state index in [2.05, 4.69) is 22.9 Å². The van der Waals surface area contributed by atoms with Gasteiger partial charge in [0.25, 0.3) is 0 Å². The molecule has 1 fully saturated rings. The summed E-state index contributed by atoms with van der Waals surface area (Å²) in [5.41, 5.74) is 0. The molecule has 1 rings (SSSR count). The topological polar surface area (TPSA) is 36.9 Å². The van der Waals surface area contributed by atoms with Gasteiger partial charge in [0.2, 0.25) is 0 Å². The predicted molar refractivity (Wildman–Crippen MR) is 61.1 cm³/mol. The van der Waals surface area contributed by atoms with E-state index in [1.54, 1.807) is 0 Å². The van der Waals surface area contributed by atoms with Crippen molar-refractivity contribution in [3.8, 4) is 0 Å². The molecule has 1 unspecified atom stereocenters. The molecule has 0 aromatic rings. The highest BCUT2D eigenvalue weighted by Crippen LogP contribution is 2.21. The minimum absolute atomic E-state index is 0.251. The van der Waals surface area contributed by atoms with Crippen LogP contribution in [0.4, 0.5) is 0 Å². The van der Waals surface area contributed by atoms with Gasteiger partial charge in [0.05, 0.1) is 14.2 Å². The van der Waals surface area contributed by atoms with E-state index in [1.807, 2.05) is 0 Å². The fourth-order valence-electron chi connectivity index (χ4n) is 1.33. The second kappa shape index (κ2) is 8.57. The third kappa shape index (κ3) is 6.69. The van der Waals surface area contributed by atoms with E-state index in [1.165, 1.54) is 33.1 Å². The molecule has 0 saturated carbocycles. The fourth-order valence-corrected chi connectivity index (χ4v) is 6.29. The summed E-state index contributed by atoms with van der Waals surface area (Å²) in [6.45, 7) is 5.32. The first-order valence-corrected chi connectivity index (χ1v) is 9.54. The Morgan fingerprint density at radius 1 is 1.21 bits per heavy atom. The Morgan fingerprint density at radius 2 is 1.86 bits per heavy atom. The molecule has 0 aromatic carbocycles. The van der Waals surface area contributed by atoms with Gasteiger partial charge in [-0.2, -0.15) is 0 Å². The monoisotopic (exact) mass is 238 g/mol. The molecule has 14 heavy (non-hydrogen) atoms. The van der Waals surface area contributed by atoms with E-state index in [0.717, 1.165) is 6.61 Å². The molecule has 0 aromatic heterocycles. The molecule has 0 N–H and O–H groups in total. The smallest absolute Gasteiger partial charge is 0.324 e. The summed E-state index contributed by atoms with van der Waals surface area (Å²) in [5.74, 6) is 0. The van der Waals surface area contributed by atoms with Crippen LogP contribution in [-0.4, -0.2) is 39.2 Å². The molecule has 0 bridgehead atoms. The average molecular weight is 238 g/mol. The normalized spacial score (nSPS) is 27.4. The molecular formula is C8H22O4Si2. The second-order valence-electron chi connectivity index (χ2n) is 3.21. The van der Waals surface area contributed by atoms with Crippen molar-refractivity contribution in [1.29, 1.82) is 0 Å². The first kappa shape index (κ1) is 14.3. The average Bonchev–Trinajstić information content (AvgIpc) is 2.19. The van der Waals surface area contributed by atoms with Gasteiger partial charge in [-0.25, -0.2) is 9.78 Å². The standard InChI is InChI=1S/C6H16O2Si2.C2H6O2/c1-9-8-10(2)6-4-3-5-7-10;1-3-4-2/h3-6,9H2,1-2H3;1-2H3. The van der Waals surface area contributed by atoms with Gasteiger partial charge < -0.3 is 8.54 Å². The van der Waals surface area contributed by atoms with Crippen molar-refractivity contribution >= 4 is 18.3 Å². The lowest BCUT2D eigenvalue weighted by Crippen LogP contribution is -2.42. The Labute approximate surface area is 90.0 Å². The van der Waals surface area contributed by atoms with Crippen LogP contribution in [0, 0.1) is 0 Å². The van der Waals surface area contributed by atoms with Crippen LogP contribution in [0.25, 0.3) is 0 Å². The second-order valence-corrected chi connectivity index (χ2v) is 7.99. The quantitative estimate of drug-likeness (QED) is 0.421. The molecule has 0 spiro atoms. The van der Waals surface area contributed by atoms with Gasteiger partial charge in [0.15, 0.2) is 0 Å². The lowest BCUT2D eigenvalue weighted by molar-refractivity contribution is -0.248. The number of hydrogen-bond donors (Lipinski definition) is 0. The van der Waals surface area contributed by atoms with Crippen LogP contribution < -0.4 is 0 Å². The van der Waals surface area contributed by atoms with Crippen LogP contribution >= 0.6 is 0 Å². The lowest BCUT2D eigenvalue weighted by atomic mass is 10.4. The van der Waals surface area contributed by atoms with Crippen LogP contribution in [0.5, 0.6) is 0 Å². The zero-order valence-corrected chi connectivity index (χ0v) is 12.1. The summed E-state index contributed by atoms with van der Waals surface area (Å²) in [6, 6.07) is 1.22. The highest BCUT2D eigenvalue weighted by Gasteiger charge is 2.32. The maximum atomic E-state index is 5.73. The Bertz CT molecular complexity index is 121. The Kier molecular flexibility index (Phi) is 8.74. The predicted octanol–water partition coefficient (Wildman–Crippen LogP) is 1.21. The van der Waals surface area contributed by atoms with Gasteiger partial charge >= 0.3 is 8.56 Å². The highest BCUT2D eigenvalue weighted by molar-refractivity contribution is 6.70. The van der Waals surface area contributed by atoms with Crippen LogP contribution in [0.15, 0.2) is 0 Å². The molecule has 86 valence electrons. The van der Waals surface area contributed by atoms with Crippen LogP contribution in [0.1, 0.15) is 12.8 Å². The molecular weight excluding hydrogens is 216 g/mol. The summed E-state index contributed by atoms with van der Waals surface area (Å²) >= 11 is 0. The van der Waals surface area contributed by atoms with Crippen molar-refractivity contribution in [3.05, 3.63) is 0 Å². The molecule has 1 heterocycles. The van der Waals surface area contributed by atoms with E-state index in [-0.39, 0.29) is 9.76 Å². The first-order chi connectivity index (χ1) is 6.68. The van der Waals surface area contributed by atoms with Crippen molar-refractivity contribution in [1.82, 2.24) is 0 Å². The van der Waals surface area contributed by atoms with E-state index in [4.69, 9.17) is 8.54 Å². The van der Waals surface area contributed by atoms with Gasteiger partial charge in [0.1, 0.15) is 9.76 Å². The highest BCUT2D eigenvalue weighted by atomic mass is 28.4. The zero-order chi connectivity index (χ0) is 10.9. The summed E-state index contributed by atoms with van der Waals surface area (Å²) in [6.07, 6.45) is 2.55. The molecule has 0 radical (unpaired) electrons. The van der Waals surface area contributed by atoms with E-state index in [0.29, 0.717) is 0 Å². The van der Waals surface area contributed by atoms with Crippen molar-refractivity contribution in [3.63, 3.8) is 0 Å². The van der Waals surface area contributed by atoms with Gasteiger partial charge in [0, 0.05) is 6.61 Å². The fraction of sp³-hybridized carbons (Fsp3) is 1.00. The largest absolute Gasteiger partial charge is 0.442 e. The third-order valence-electron chi connectivity index (χ3n) is 2.05. The van der Waals surface area contributed by atoms with E-state index in [9.17, 15) is 0 Å². The molecule has 0 aliphatic carbocycles. The number of rotatable bonds is 3. The molecule has 1 saturated heterocycles. The van der Waals surface area contributed by atoms with E-state index < -0.39 is 8.56 Å². The van der Waals surface area contributed by atoms with Gasteiger partial charge in [-0.3, -0.25) is 0 Å². The SMILES string of the molecule is COOC.C[SiH2]O[Si]1(C)CCCCO1. The van der Waals surface area contributed by atoms with Crippen molar-refractivity contribution in [2.24, 2.45) is 0 Å². The summed E-state index contributed by atoms with van der Waals surface area (Å²) in [4.78, 5) is 8.08. The Hall–Kier alpha value is 0.274. The molecule has 1 atom stereocenters. The van der Waals surface area contributed by atoms with Crippen LogP contribution in [0.2, 0.25) is 19.1 Å². The van der Waals surface area contributed by atoms with Crippen LogP contribution in [0.3, 0.4) is 0 Å². The van der Waals surface area contributed by atoms with Crippen LogP contribution in [-0.2, 0) is 18.3 Å². The summed E-state index contributed by atoms with van der Waals surface area (Å²) in [5, 5.41) is 0. The van der Waals surface area contributed by atoms with Crippen molar-refractivity contribution in [2.45, 2.75) is 32.0 Å². The summed E-state index contributed by atoms with van der Waals surface area (Å²) < 4.78 is 11.4. The van der Waals surface area contributed by atoms with E-state index >= 15 is 0 Å². The molecule has 4 nitrogen and oxygen atoms in total. The van der Waals surface area contributed by atoms with Gasteiger partial charge in [-0.05, 0) is 25.4 Å². The molecule has 6 heteroatoms. The van der Waals surface area contributed by atoms with Crippen molar-refractivity contribution in [2.75, 3.05) is 20.8 Å². The van der Waals surface area contributed by atoms with Gasteiger partial charge in [-0.1, -0.05) is 6.55 Å². The van der Waals surface area contributed by atoms with Gasteiger partial charge in [-0.15, -0.1) is 0 Å². The minimum Gasteiger partial charge on any atom is -0.442 e. The summed E-state index contributed by atoms with van der Waals surface area (Å²) in [7, 11) is 1.09. The molecule has 1 aliphatic rings. The number of hydrogen-bond acceptors (Lipinski definition) is 4. The first-order valence-electron chi connectivity index (χ1n) is 5.03. The Morgan fingerprint density at radius 3 is 2.21 bits per heavy atom. The maximum absolute atomic E-state index is 5.73. The Balaban J connectivity index is 0.000000364. The minimum atomic E-state index is -1.57. The molecule has 0 amide bonds. The zero-order valence-electron chi connectivity index (χ0n) is 9.67. The van der Waals surface area contributed by atoms with Crippen molar-refractivity contribution < 1.29 is 18.3 Å². The maximum Gasteiger partial charge on any atom is 0.324 e. The molecule has 1 aliphatic heterocycles. The lowest BCUT2D eigenvalue weighted by Gasteiger charge is -2.30. The third-order valence-corrected chi connectivity index (χ3v) is 7.72.